The highest BCUT2D eigenvalue weighted by molar-refractivity contribution is 5.07. The van der Waals surface area contributed by atoms with Gasteiger partial charge in [0.15, 0.2) is 0 Å². The first-order valence-corrected chi connectivity index (χ1v) is 3.13. The van der Waals surface area contributed by atoms with Gasteiger partial charge in [-0.15, -0.1) is 0 Å². The van der Waals surface area contributed by atoms with E-state index in [1.807, 2.05) is 26.0 Å². The molecule has 0 spiro atoms. The average molecular weight is 126 g/mol. The molecule has 0 aliphatic rings. The number of aliphatic hydroxyl groups excluding tert-OH is 1. The Labute approximate surface area is 56.7 Å². The van der Waals surface area contributed by atoms with Crippen LogP contribution in [0.25, 0.3) is 0 Å². The van der Waals surface area contributed by atoms with Crippen molar-refractivity contribution >= 4 is 0 Å². The third-order valence-corrected chi connectivity index (χ3v) is 1.33. The van der Waals surface area contributed by atoms with Crippen molar-refractivity contribution in [3.63, 3.8) is 0 Å². The van der Waals surface area contributed by atoms with Crippen LogP contribution in [0.1, 0.15) is 13.8 Å². The summed E-state index contributed by atoms with van der Waals surface area (Å²) in [7, 11) is 0. The van der Waals surface area contributed by atoms with Crippen LogP contribution in [0.15, 0.2) is 24.3 Å². The topological polar surface area (TPSA) is 20.2 Å². The van der Waals surface area contributed by atoms with Crippen molar-refractivity contribution in [1.29, 1.82) is 0 Å². The smallest absolute Gasteiger partial charge is 0.0644 e. The van der Waals surface area contributed by atoms with E-state index in [-0.39, 0.29) is 6.61 Å². The Morgan fingerprint density at radius 3 is 2.67 bits per heavy atom. The molecule has 0 aliphatic carbocycles. The molecule has 0 fully saturated rings. The van der Waals surface area contributed by atoms with Crippen LogP contribution < -0.4 is 0 Å². The van der Waals surface area contributed by atoms with E-state index in [0.717, 1.165) is 5.57 Å². The Morgan fingerprint density at radius 1 is 1.78 bits per heavy atom. The standard InChI is InChI=1S/C8H14O/c1-4-5-7(2)8(3)6-9/h4-5,7,9H,3,6H2,1-2H3/b5-4+/t7-/m0/s1. The van der Waals surface area contributed by atoms with Gasteiger partial charge in [-0.1, -0.05) is 25.7 Å². The van der Waals surface area contributed by atoms with Gasteiger partial charge in [0.25, 0.3) is 0 Å². The van der Waals surface area contributed by atoms with Gasteiger partial charge in [0.1, 0.15) is 0 Å². The molecule has 0 aromatic heterocycles. The second-order valence-electron chi connectivity index (χ2n) is 2.13. The molecule has 1 N–H and O–H groups in total. The maximum Gasteiger partial charge on any atom is 0.0644 e. The highest BCUT2D eigenvalue weighted by Crippen LogP contribution is 2.07. The first-order chi connectivity index (χ1) is 4.22. The Kier molecular flexibility index (Phi) is 4.06. The van der Waals surface area contributed by atoms with Crippen LogP contribution >= 0.6 is 0 Å². The van der Waals surface area contributed by atoms with E-state index < -0.39 is 0 Å². The summed E-state index contributed by atoms with van der Waals surface area (Å²) in [4.78, 5) is 0. The summed E-state index contributed by atoms with van der Waals surface area (Å²) in [5.41, 5.74) is 0.869. The SMILES string of the molecule is C=C(CO)[C@@H](C)/C=C/C. The lowest BCUT2D eigenvalue weighted by Gasteiger charge is -2.05. The summed E-state index contributed by atoms with van der Waals surface area (Å²) in [6.45, 7) is 7.75. The predicted molar refractivity (Wildman–Crippen MR) is 40.2 cm³/mol. The van der Waals surface area contributed by atoms with E-state index in [1.54, 1.807) is 0 Å². The van der Waals surface area contributed by atoms with E-state index in [2.05, 4.69) is 6.58 Å². The van der Waals surface area contributed by atoms with E-state index in [9.17, 15) is 0 Å². The summed E-state index contributed by atoms with van der Waals surface area (Å²) in [6.07, 6.45) is 3.98. The molecular formula is C8H14O. The predicted octanol–water partition coefficient (Wildman–Crippen LogP) is 1.75. The summed E-state index contributed by atoms with van der Waals surface area (Å²) in [6, 6.07) is 0. The van der Waals surface area contributed by atoms with Gasteiger partial charge in [-0.3, -0.25) is 0 Å². The van der Waals surface area contributed by atoms with Crippen molar-refractivity contribution in [1.82, 2.24) is 0 Å². The molecule has 1 nitrogen and oxygen atoms in total. The molecule has 0 aromatic carbocycles. The van der Waals surface area contributed by atoms with Gasteiger partial charge in [0.05, 0.1) is 6.61 Å². The maximum absolute atomic E-state index is 8.60. The first kappa shape index (κ1) is 8.44. The molecular weight excluding hydrogens is 112 g/mol. The van der Waals surface area contributed by atoms with Crippen molar-refractivity contribution in [3.05, 3.63) is 24.3 Å². The Bertz CT molecular complexity index is 114. The molecule has 0 saturated heterocycles. The lowest BCUT2D eigenvalue weighted by atomic mass is 10.0. The zero-order chi connectivity index (χ0) is 7.28. The van der Waals surface area contributed by atoms with Gasteiger partial charge >= 0.3 is 0 Å². The summed E-state index contributed by atoms with van der Waals surface area (Å²) >= 11 is 0. The Hall–Kier alpha value is -0.560. The van der Waals surface area contributed by atoms with Crippen LogP contribution in [0.2, 0.25) is 0 Å². The fraction of sp³-hybridized carbons (Fsp3) is 0.500. The summed E-state index contributed by atoms with van der Waals surface area (Å²) in [5, 5.41) is 8.60. The van der Waals surface area contributed by atoms with Crippen LogP contribution in [0, 0.1) is 5.92 Å². The van der Waals surface area contributed by atoms with Crippen LogP contribution in [-0.4, -0.2) is 11.7 Å². The number of aliphatic hydroxyl groups is 1. The largest absolute Gasteiger partial charge is 0.392 e. The maximum atomic E-state index is 8.60. The minimum absolute atomic E-state index is 0.0888. The monoisotopic (exact) mass is 126 g/mol. The van der Waals surface area contributed by atoms with Gasteiger partial charge < -0.3 is 5.11 Å². The van der Waals surface area contributed by atoms with Crippen LogP contribution in [0.4, 0.5) is 0 Å². The lowest BCUT2D eigenvalue weighted by Crippen LogP contribution is -1.97. The average Bonchev–Trinajstić information content (AvgIpc) is 1.87. The van der Waals surface area contributed by atoms with Gasteiger partial charge in [-0.05, 0) is 18.4 Å². The molecule has 0 bridgehead atoms. The molecule has 1 heteroatoms. The zero-order valence-corrected chi connectivity index (χ0v) is 6.09. The molecule has 0 saturated carbocycles. The van der Waals surface area contributed by atoms with E-state index in [0.29, 0.717) is 5.92 Å². The van der Waals surface area contributed by atoms with Crippen molar-refractivity contribution in [2.24, 2.45) is 5.92 Å². The van der Waals surface area contributed by atoms with Crippen molar-refractivity contribution in [2.45, 2.75) is 13.8 Å². The molecule has 0 unspecified atom stereocenters. The second-order valence-corrected chi connectivity index (χ2v) is 2.13. The number of hydrogen-bond acceptors (Lipinski definition) is 1. The fourth-order valence-electron chi connectivity index (χ4n) is 0.569. The molecule has 0 aliphatic heterocycles. The second kappa shape index (κ2) is 4.33. The van der Waals surface area contributed by atoms with Crippen LogP contribution in [-0.2, 0) is 0 Å². The van der Waals surface area contributed by atoms with Gasteiger partial charge in [0.2, 0.25) is 0 Å². The number of hydrogen-bond donors (Lipinski definition) is 1. The summed E-state index contributed by atoms with van der Waals surface area (Å²) < 4.78 is 0. The molecule has 9 heavy (non-hydrogen) atoms. The van der Waals surface area contributed by atoms with Crippen molar-refractivity contribution in [3.8, 4) is 0 Å². The quantitative estimate of drug-likeness (QED) is 0.571. The Balaban J connectivity index is 3.72. The van der Waals surface area contributed by atoms with E-state index in [1.165, 1.54) is 0 Å². The molecule has 1 atom stereocenters. The summed E-state index contributed by atoms with van der Waals surface area (Å²) in [5.74, 6) is 0.306. The van der Waals surface area contributed by atoms with Crippen molar-refractivity contribution < 1.29 is 5.11 Å². The van der Waals surface area contributed by atoms with Gasteiger partial charge in [-0.25, -0.2) is 0 Å². The minimum atomic E-state index is 0.0888. The molecule has 0 heterocycles. The van der Waals surface area contributed by atoms with E-state index in [4.69, 9.17) is 5.11 Å². The third-order valence-electron chi connectivity index (χ3n) is 1.33. The Morgan fingerprint density at radius 2 is 2.33 bits per heavy atom. The number of rotatable bonds is 3. The lowest BCUT2D eigenvalue weighted by molar-refractivity contribution is 0.322. The molecule has 0 aromatic rings. The van der Waals surface area contributed by atoms with Crippen LogP contribution in [0.3, 0.4) is 0 Å². The van der Waals surface area contributed by atoms with Gasteiger partial charge in [0, 0.05) is 0 Å². The van der Waals surface area contributed by atoms with E-state index >= 15 is 0 Å². The highest BCUT2D eigenvalue weighted by atomic mass is 16.3. The first-order valence-electron chi connectivity index (χ1n) is 3.13. The van der Waals surface area contributed by atoms with Crippen LogP contribution in [0.5, 0.6) is 0 Å². The molecule has 0 amide bonds. The minimum Gasteiger partial charge on any atom is -0.392 e. The third kappa shape index (κ3) is 3.09. The molecule has 52 valence electrons. The van der Waals surface area contributed by atoms with Crippen molar-refractivity contribution in [2.75, 3.05) is 6.61 Å². The molecule has 0 radical (unpaired) electrons. The fourth-order valence-corrected chi connectivity index (χ4v) is 0.569. The zero-order valence-electron chi connectivity index (χ0n) is 6.09. The highest BCUT2D eigenvalue weighted by Gasteiger charge is 1.98. The normalized spacial score (nSPS) is 14.1. The molecule has 0 rings (SSSR count). The number of allylic oxidation sites excluding steroid dienone is 2. The van der Waals surface area contributed by atoms with Gasteiger partial charge in [-0.2, -0.15) is 0 Å².